The summed E-state index contributed by atoms with van der Waals surface area (Å²) in [7, 11) is -1.06. The van der Waals surface area contributed by atoms with Gasteiger partial charge in [-0.05, 0) is 31.0 Å². The van der Waals surface area contributed by atoms with Gasteiger partial charge in [0.25, 0.3) is 0 Å². The fourth-order valence-corrected chi connectivity index (χ4v) is 3.27. The predicted octanol–water partition coefficient (Wildman–Crippen LogP) is 3.22. The van der Waals surface area contributed by atoms with Crippen molar-refractivity contribution in [2.24, 2.45) is 0 Å². The molecule has 84 valence electrons. The summed E-state index contributed by atoms with van der Waals surface area (Å²) < 4.78 is 12.2. The van der Waals surface area contributed by atoms with Crippen LogP contribution in [0.3, 0.4) is 0 Å². The van der Waals surface area contributed by atoms with E-state index >= 15 is 0 Å². The molecule has 15 heavy (non-hydrogen) atoms. The van der Waals surface area contributed by atoms with E-state index in [1.807, 2.05) is 13.8 Å². The normalized spacial score (nSPS) is 13.1. The maximum absolute atomic E-state index is 12.2. The van der Waals surface area contributed by atoms with Gasteiger partial charge in [0.1, 0.15) is 0 Å². The molecule has 0 aliphatic rings. The number of anilines is 1. The van der Waals surface area contributed by atoms with Crippen LogP contribution < -0.4 is 5.73 Å². The molecular weight excluding hydrogens is 230 g/mol. The fourth-order valence-electron chi connectivity index (χ4n) is 1.45. The lowest BCUT2D eigenvalue weighted by Crippen LogP contribution is -2.13. The minimum absolute atomic E-state index is 0.157. The van der Waals surface area contributed by atoms with Crippen LogP contribution in [0, 0.1) is 0 Å². The molecule has 0 aliphatic carbocycles. The Bertz CT molecular complexity index is 364. The van der Waals surface area contributed by atoms with Crippen molar-refractivity contribution in [1.82, 2.24) is 0 Å². The Morgan fingerprint density at radius 3 is 2.53 bits per heavy atom. The lowest BCUT2D eigenvalue weighted by Gasteiger charge is -2.13. The van der Waals surface area contributed by atoms with E-state index in [0.717, 1.165) is 12.8 Å². The van der Waals surface area contributed by atoms with E-state index in [2.05, 4.69) is 0 Å². The van der Waals surface area contributed by atoms with E-state index in [0.29, 0.717) is 15.6 Å². The van der Waals surface area contributed by atoms with Gasteiger partial charge in [0.15, 0.2) is 0 Å². The van der Waals surface area contributed by atoms with Crippen LogP contribution in [0.25, 0.3) is 0 Å². The number of halogens is 1. The summed E-state index contributed by atoms with van der Waals surface area (Å²) in [5.41, 5.74) is 6.26. The van der Waals surface area contributed by atoms with E-state index in [-0.39, 0.29) is 5.25 Å². The molecule has 2 nitrogen and oxygen atoms in total. The molecule has 0 bridgehead atoms. The number of hydrogen-bond donors (Lipinski definition) is 1. The molecule has 0 fully saturated rings. The topological polar surface area (TPSA) is 43.1 Å². The average Bonchev–Trinajstić information content (AvgIpc) is 2.23. The Morgan fingerprint density at radius 2 is 2.00 bits per heavy atom. The van der Waals surface area contributed by atoms with Crippen molar-refractivity contribution in [3.8, 4) is 0 Å². The molecule has 1 atom stereocenters. The molecule has 2 N–H and O–H groups in total. The number of hydrogen-bond acceptors (Lipinski definition) is 2. The third-order valence-electron chi connectivity index (χ3n) is 2.39. The van der Waals surface area contributed by atoms with Crippen molar-refractivity contribution in [2.45, 2.75) is 36.8 Å². The number of nitrogen functional groups attached to an aromatic ring is 1. The third kappa shape index (κ3) is 2.95. The number of nitrogens with two attached hydrogens (primary N) is 1. The second-order valence-electron chi connectivity index (χ2n) is 3.43. The highest BCUT2D eigenvalue weighted by Crippen LogP contribution is 2.26. The highest BCUT2D eigenvalue weighted by Gasteiger charge is 2.17. The molecule has 0 heterocycles. The highest BCUT2D eigenvalue weighted by molar-refractivity contribution is 7.85. The number of benzene rings is 1. The summed E-state index contributed by atoms with van der Waals surface area (Å²) >= 11 is 6.00. The number of rotatable bonds is 4. The summed E-state index contributed by atoms with van der Waals surface area (Å²) in [6, 6.07) is 5.12. The lowest BCUT2D eigenvalue weighted by atomic mass is 10.3. The van der Waals surface area contributed by atoms with Gasteiger partial charge in [-0.25, -0.2) is 0 Å². The first-order valence-corrected chi connectivity index (χ1v) is 6.64. The molecule has 4 heteroatoms. The quantitative estimate of drug-likeness (QED) is 0.828. The lowest BCUT2D eigenvalue weighted by molar-refractivity contribution is 0.658. The van der Waals surface area contributed by atoms with Gasteiger partial charge in [-0.15, -0.1) is 0 Å². The van der Waals surface area contributed by atoms with Crippen molar-refractivity contribution in [3.63, 3.8) is 0 Å². The van der Waals surface area contributed by atoms with Gasteiger partial charge in [-0.1, -0.05) is 25.4 Å². The Morgan fingerprint density at radius 1 is 1.40 bits per heavy atom. The van der Waals surface area contributed by atoms with E-state index in [9.17, 15) is 4.21 Å². The molecule has 0 aliphatic heterocycles. The summed E-state index contributed by atoms with van der Waals surface area (Å²) in [5, 5.41) is 0.693. The molecule has 1 aromatic rings. The van der Waals surface area contributed by atoms with Crippen molar-refractivity contribution >= 4 is 28.1 Å². The van der Waals surface area contributed by atoms with Crippen molar-refractivity contribution in [1.29, 1.82) is 0 Å². The van der Waals surface area contributed by atoms with Crippen LogP contribution in [-0.4, -0.2) is 9.46 Å². The van der Waals surface area contributed by atoms with Crippen molar-refractivity contribution < 1.29 is 4.21 Å². The molecule has 0 aromatic heterocycles. The molecule has 0 saturated heterocycles. The van der Waals surface area contributed by atoms with Gasteiger partial charge in [0, 0.05) is 10.9 Å². The zero-order chi connectivity index (χ0) is 11.4. The maximum atomic E-state index is 12.2. The summed E-state index contributed by atoms with van der Waals surface area (Å²) in [6.45, 7) is 4.07. The average molecular weight is 246 g/mol. The van der Waals surface area contributed by atoms with Crippen LogP contribution in [-0.2, 0) is 10.8 Å². The second-order valence-corrected chi connectivity index (χ2v) is 5.53. The van der Waals surface area contributed by atoms with Crippen LogP contribution in [0.1, 0.15) is 26.7 Å². The molecule has 1 rings (SSSR count). The maximum Gasteiger partial charge on any atom is 0.0597 e. The van der Waals surface area contributed by atoms with Crippen LogP contribution in [0.4, 0.5) is 5.69 Å². The summed E-state index contributed by atoms with van der Waals surface area (Å²) in [6.07, 6.45) is 1.77. The first-order chi connectivity index (χ1) is 7.10. The minimum Gasteiger partial charge on any atom is -0.399 e. The van der Waals surface area contributed by atoms with Gasteiger partial charge >= 0.3 is 0 Å². The first-order valence-electron chi connectivity index (χ1n) is 5.05. The molecule has 0 radical (unpaired) electrons. The second kappa shape index (κ2) is 5.52. The minimum atomic E-state index is -1.06. The molecule has 0 spiro atoms. The van der Waals surface area contributed by atoms with Crippen LogP contribution in [0.5, 0.6) is 0 Å². The smallest absolute Gasteiger partial charge is 0.0597 e. The van der Waals surface area contributed by atoms with E-state index < -0.39 is 10.8 Å². The third-order valence-corrected chi connectivity index (χ3v) is 4.87. The first kappa shape index (κ1) is 12.5. The van der Waals surface area contributed by atoms with Gasteiger partial charge in [0.05, 0.1) is 20.7 Å². The van der Waals surface area contributed by atoms with E-state index in [4.69, 9.17) is 17.3 Å². The summed E-state index contributed by atoms with van der Waals surface area (Å²) in [5.74, 6) is 0. The van der Waals surface area contributed by atoms with E-state index in [1.54, 1.807) is 18.2 Å². The van der Waals surface area contributed by atoms with Crippen LogP contribution >= 0.6 is 11.6 Å². The fraction of sp³-hybridized carbons (Fsp3) is 0.455. The van der Waals surface area contributed by atoms with Crippen molar-refractivity contribution in [3.05, 3.63) is 23.2 Å². The Labute approximate surface area is 98.3 Å². The standard InChI is InChI=1S/C11H16ClNOS/c1-3-9(4-2)15(14)11-7-8(13)5-6-10(11)12/h5-7,9H,3-4,13H2,1-2H3. The molecule has 0 saturated carbocycles. The van der Waals surface area contributed by atoms with Gasteiger partial charge in [0.2, 0.25) is 0 Å². The Kier molecular flexibility index (Phi) is 4.61. The Balaban J connectivity index is 3.04. The Hall–Kier alpha value is -0.540. The largest absolute Gasteiger partial charge is 0.399 e. The highest BCUT2D eigenvalue weighted by atomic mass is 35.5. The summed E-state index contributed by atoms with van der Waals surface area (Å²) in [4.78, 5) is 0.658. The molecule has 0 amide bonds. The SMILES string of the molecule is CCC(CC)S(=O)c1cc(N)ccc1Cl. The molecule has 1 aromatic carbocycles. The molecule has 1 unspecified atom stereocenters. The monoisotopic (exact) mass is 245 g/mol. The van der Waals surface area contributed by atoms with Crippen LogP contribution in [0.15, 0.2) is 23.1 Å². The van der Waals surface area contributed by atoms with Gasteiger partial charge in [-0.2, -0.15) is 0 Å². The van der Waals surface area contributed by atoms with Crippen molar-refractivity contribution in [2.75, 3.05) is 5.73 Å². The van der Waals surface area contributed by atoms with Gasteiger partial charge < -0.3 is 5.73 Å². The zero-order valence-electron chi connectivity index (χ0n) is 9.00. The molecular formula is C11H16ClNOS. The zero-order valence-corrected chi connectivity index (χ0v) is 10.6. The predicted molar refractivity (Wildman–Crippen MR) is 66.6 cm³/mol. The van der Waals surface area contributed by atoms with Gasteiger partial charge in [-0.3, -0.25) is 4.21 Å². The van der Waals surface area contributed by atoms with Crippen LogP contribution in [0.2, 0.25) is 5.02 Å². The van der Waals surface area contributed by atoms with E-state index in [1.165, 1.54) is 0 Å².